The first kappa shape index (κ1) is 52.3. The van der Waals surface area contributed by atoms with E-state index in [2.05, 4.69) is 38.2 Å². The summed E-state index contributed by atoms with van der Waals surface area (Å²) in [6.45, 7) is 3.22. The molecule has 0 aliphatic heterocycles. The molecule has 0 amide bonds. The van der Waals surface area contributed by atoms with Crippen LogP contribution in [0, 0.1) is 0 Å². The van der Waals surface area contributed by atoms with E-state index in [0.29, 0.717) is 12.8 Å². The van der Waals surface area contributed by atoms with Gasteiger partial charge in [0.15, 0.2) is 6.10 Å². The van der Waals surface area contributed by atoms with Gasteiger partial charge in [-0.25, -0.2) is 4.57 Å². The highest BCUT2D eigenvalue weighted by molar-refractivity contribution is 7.47. The normalized spacial score (nSPS) is 23.1. The zero-order valence-corrected chi connectivity index (χ0v) is 35.3. The van der Waals surface area contributed by atoms with Gasteiger partial charge in [-0.3, -0.25) is 18.6 Å². The second kappa shape index (κ2) is 33.2. The van der Waals surface area contributed by atoms with Gasteiger partial charge in [0, 0.05) is 12.8 Å². The highest BCUT2D eigenvalue weighted by atomic mass is 31.2. The zero-order valence-electron chi connectivity index (χ0n) is 34.4. The number of esters is 2. The summed E-state index contributed by atoms with van der Waals surface area (Å²) in [6, 6.07) is 0. The Morgan fingerprint density at radius 1 is 0.536 bits per heavy atom. The van der Waals surface area contributed by atoms with Crippen LogP contribution in [0.25, 0.3) is 0 Å². The molecule has 56 heavy (non-hydrogen) atoms. The maximum Gasteiger partial charge on any atom is 0.472 e. The Hall–Kier alpha value is -1.67. The number of carbonyl (C=O) groups is 2. The molecule has 0 aromatic carbocycles. The van der Waals surface area contributed by atoms with E-state index in [9.17, 15) is 44.6 Å². The van der Waals surface area contributed by atoms with Crippen LogP contribution in [0.2, 0.25) is 0 Å². The molecule has 0 heterocycles. The summed E-state index contributed by atoms with van der Waals surface area (Å²) < 4.78 is 33.4. The Balaban J connectivity index is 2.49. The zero-order chi connectivity index (χ0) is 41.4. The van der Waals surface area contributed by atoms with E-state index in [4.69, 9.17) is 18.5 Å². The quantitative estimate of drug-likeness (QED) is 0.0157. The van der Waals surface area contributed by atoms with Crippen LogP contribution in [-0.2, 0) is 32.7 Å². The second-order valence-corrected chi connectivity index (χ2v) is 16.6. The van der Waals surface area contributed by atoms with Crippen molar-refractivity contribution in [3.05, 3.63) is 24.3 Å². The minimum absolute atomic E-state index is 0.0940. The molecule has 13 nitrogen and oxygen atoms in total. The predicted molar refractivity (Wildman–Crippen MR) is 217 cm³/mol. The van der Waals surface area contributed by atoms with Crippen molar-refractivity contribution >= 4 is 19.8 Å². The van der Waals surface area contributed by atoms with Crippen molar-refractivity contribution < 1.29 is 63.1 Å². The molecule has 1 saturated carbocycles. The molecule has 0 aromatic heterocycles. The van der Waals surface area contributed by atoms with Gasteiger partial charge < -0.3 is 39.9 Å². The topological polar surface area (TPSA) is 210 Å². The minimum atomic E-state index is -5.11. The minimum Gasteiger partial charge on any atom is -0.462 e. The monoisotopic (exact) mass is 821 g/mol. The number of aliphatic hydroxyl groups excluding tert-OH is 5. The van der Waals surface area contributed by atoms with Gasteiger partial charge in [-0.2, -0.15) is 0 Å². The third-order valence-electron chi connectivity index (χ3n) is 10.0. The lowest BCUT2D eigenvalue weighted by molar-refractivity contribution is -0.220. The molecule has 0 aromatic rings. The summed E-state index contributed by atoms with van der Waals surface area (Å²) in [5, 5.41) is 50.0. The van der Waals surface area contributed by atoms with Crippen LogP contribution < -0.4 is 0 Å². The van der Waals surface area contributed by atoms with Crippen molar-refractivity contribution in [2.45, 2.75) is 217 Å². The van der Waals surface area contributed by atoms with Gasteiger partial charge in [-0.05, 0) is 57.8 Å². The molecule has 0 radical (unpaired) electrons. The first-order valence-corrected chi connectivity index (χ1v) is 23.1. The Kier molecular flexibility index (Phi) is 31.0. The molecule has 0 saturated heterocycles. The van der Waals surface area contributed by atoms with E-state index in [1.165, 1.54) is 64.2 Å². The third-order valence-corrected chi connectivity index (χ3v) is 11.0. The van der Waals surface area contributed by atoms with E-state index in [0.717, 1.165) is 70.6 Å². The summed E-state index contributed by atoms with van der Waals surface area (Å²) in [6.07, 6.45) is 21.0. The van der Waals surface area contributed by atoms with Crippen molar-refractivity contribution in [2.75, 3.05) is 13.2 Å². The van der Waals surface area contributed by atoms with Gasteiger partial charge in [0.1, 0.15) is 43.2 Å². The Bertz CT molecular complexity index is 1090. The maximum absolute atomic E-state index is 12.8. The summed E-state index contributed by atoms with van der Waals surface area (Å²) in [7, 11) is -5.11. The molecular weight excluding hydrogens is 743 g/mol. The van der Waals surface area contributed by atoms with Crippen LogP contribution in [0.15, 0.2) is 24.3 Å². The predicted octanol–water partition coefficient (Wildman–Crippen LogP) is 7.67. The number of aliphatic hydroxyl groups is 5. The van der Waals surface area contributed by atoms with Gasteiger partial charge in [-0.1, -0.05) is 128 Å². The first-order chi connectivity index (χ1) is 26.9. The van der Waals surface area contributed by atoms with E-state index in [1.807, 2.05) is 0 Å². The van der Waals surface area contributed by atoms with Crippen molar-refractivity contribution in [2.24, 2.45) is 0 Å². The number of carbonyl (C=O) groups excluding carboxylic acids is 2. The number of phosphoric acid groups is 1. The highest BCUT2D eigenvalue weighted by Gasteiger charge is 2.51. The molecule has 6 N–H and O–H groups in total. The highest BCUT2D eigenvalue weighted by Crippen LogP contribution is 2.47. The molecule has 0 bridgehead atoms. The molecule has 8 atom stereocenters. The van der Waals surface area contributed by atoms with E-state index < -0.39 is 75.7 Å². The average molecular weight is 821 g/mol. The van der Waals surface area contributed by atoms with Crippen LogP contribution in [0.4, 0.5) is 0 Å². The molecular formula is C42H77O13P. The van der Waals surface area contributed by atoms with Crippen LogP contribution in [-0.4, -0.2) is 98.3 Å². The van der Waals surface area contributed by atoms with E-state index >= 15 is 0 Å². The summed E-state index contributed by atoms with van der Waals surface area (Å²) in [5.74, 6) is -1.11. The van der Waals surface area contributed by atoms with E-state index in [-0.39, 0.29) is 12.8 Å². The van der Waals surface area contributed by atoms with Crippen LogP contribution in [0.1, 0.15) is 174 Å². The van der Waals surface area contributed by atoms with Gasteiger partial charge in [0.05, 0.1) is 6.61 Å². The number of hydrogen-bond donors (Lipinski definition) is 6. The third kappa shape index (κ3) is 25.6. The second-order valence-electron chi connectivity index (χ2n) is 15.2. The van der Waals surface area contributed by atoms with Crippen LogP contribution >= 0.6 is 7.82 Å². The van der Waals surface area contributed by atoms with Crippen molar-refractivity contribution in [1.82, 2.24) is 0 Å². The van der Waals surface area contributed by atoms with Crippen LogP contribution in [0.5, 0.6) is 0 Å². The molecule has 1 aliphatic rings. The standard InChI is InChI=1S/C42H77O13P/c1-3-5-7-9-11-13-15-17-18-19-21-23-25-27-29-31-36(44)54-34(32-52-35(43)30-28-26-24-22-20-16-14-12-10-8-6-4-2)33-53-56(50,51)55-42-40(48)38(46)37(45)39(47)41(42)49/h9,11-12,14,34,37-42,45-49H,3-8,10,13,15-33H2,1-2H3,(H,50,51)/b11-9+,14-12+/t34-,37?,38+,39?,40?,41?,42?/m1/s1. The molecule has 1 fully saturated rings. The number of unbranched alkanes of at least 4 members (excludes halogenated alkanes) is 19. The lowest BCUT2D eigenvalue weighted by Crippen LogP contribution is -2.64. The van der Waals surface area contributed by atoms with Gasteiger partial charge in [-0.15, -0.1) is 0 Å². The fraction of sp³-hybridized carbons (Fsp3) is 0.857. The fourth-order valence-corrected chi connectivity index (χ4v) is 7.41. The number of ether oxygens (including phenoxy) is 2. The molecule has 6 unspecified atom stereocenters. The average Bonchev–Trinajstić information content (AvgIpc) is 3.18. The van der Waals surface area contributed by atoms with Crippen molar-refractivity contribution in [1.29, 1.82) is 0 Å². The maximum atomic E-state index is 12.8. The SMILES string of the molecule is CCCC/C=C/CCCCCCCCCCCC(=O)O[C@H](COC(=O)CCCCCCC/C=C/CCCCC)COP(=O)(O)OC1C(O)C(O)C(O)[C@H](O)C1O. The molecule has 1 rings (SSSR count). The first-order valence-electron chi connectivity index (χ1n) is 21.6. The molecule has 328 valence electrons. The number of phosphoric ester groups is 1. The molecule has 1 aliphatic carbocycles. The number of allylic oxidation sites excluding steroid dienone is 4. The summed E-state index contributed by atoms with van der Waals surface area (Å²) >= 11 is 0. The van der Waals surface area contributed by atoms with Gasteiger partial charge >= 0.3 is 19.8 Å². The summed E-state index contributed by atoms with van der Waals surface area (Å²) in [4.78, 5) is 35.6. The van der Waals surface area contributed by atoms with Crippen molar-refractivity contribution in [3.8, 4) is 0 Å². The molecule has 14 heteroatoms. The fourth-order valence-electron chi connectivity index (χ4n) is 6.44. The number of rotatable bonds is 35. The Labute approximate surface area is 336 Å². The van der Waals surface area contributed by atoms with E-state index in [1.54, 1.807) is 0 Å². The Morgan fingerprint density at radius 3 is 1.41 bits per heavy atom. The molecule has 0 spiro atoms. The van der Waals surface area contributed by atoms with Crippen LogP contribution in [0.3, 0.4) is 0 Å². The number of hydrogen-bond acceptors (Lipinski definition) is 12. The largest absolute Gasteiger partial charge is 0.472 e. The summed E-state index contributed by atoms with van der Waals surface area (Å²) in [5.41, 5.74) is 0. The smallest absolute Gasteiger partial charge is 0.462 e. The van der Waals surface area contributed by atoms with Gasteiger partial charge in [0.2, 0.25) is 0 Å². The van der Waals surface area contributed by atoms with Gasteiger partial charge in [0.25, 0.3) is 0 Å². The van der Waals surface area contributed by atoms with Crippen molar-refractivity contribution in [3.63, 3.8) is 0 Å². The Morgan fingerprint density at radius 2 is 0.929 bits per heavy atom. The lowest BCUT2D eigenvalue weighted by atomic mass is 9.85. The lowest BCUT2D eigenvalue weighted by Gasteiger charge is -2.41.